The number of hydrogen-bond donors (Lipinski definition) is 3. The second-order valence-electron chi connectivity index (χ2n) is 12.6. The second kappa shape index (κ2) is 16.7. The van der Waals surface area contributed by atoms with E-state index >= 15 is 4.39 Å². The first-order chi connectivity index (χ1) is 24.4. The third-order valence-corrected chi connectivity index (χ3v) is 11.8. The number of piperazine rings is 1. The molecule has 5 rings (SSSR count). The van der Waals surface area contributed by atoms with Gasteiger partial charge in [-0.3, -0.25) is 9.78 Å². The number of anilines is 1. The molecule has 14 nitrogen and oxygen atoms in total. The Morgan fingerprint density at radius 3 is 2.47 bits per heavy atom. The lowest BCUT2D eigenvalue weighted by Gasteiger charge is -2.43. The fourth-order valence-corrected chi connectivity index (χ4v) is 8.96. The highest BCUT2D eigenvalue weighted by Crippen LogP contribution is 2.38. The molecule has 3 N–H and O–H groups in total. The van der Waals surface area contributed by atoms with Crippen LogP contribution in [0.3, 0.4) is 0 Å². The summed E-state index contributed by atoms with van der Waals surface area (Å²) in [5.74, 6) is -1.47. The van der Waals surface area contributed by atoms with E-state index in [1.165, 1.54) is 41.9 Å². The Balaban J connectivity index is 1.43. The van der Waals surface area contributed by atoms with Gasteiger partial charge in [-0.25, -0.2) is 17.6 Å². The largest absolute Gasteiger partial charge is 0.497 e. The molecule has 2 saturated heterocycles. The van der Waals surface area contributed by atoms with Gasteiger partial charge in [0.05, 0.1) is 30.1 Å². The van der Waals surface area contributed by atoms with E-state index in [-0.39, 0.29) is 48.0 Å². The van der Waals surface area contributed by atoms with Crippen LogP contribution in [0.15, 0.2) is 70.9 Å². The number of methoxy groups -OCH3 is 1. The van der Waals surface area contributed by atoms with Crippen LogP contribution in [0.2, 0.25) is 5.02 Å². The van der Waals surface area contributed by atoms with Crippen molar-refractivity contribution in [2.45, 2.75) is 61.5 Å². The molecule has 3 aromatic rings. The number of pyridine rings is 1. The molecule has 2 aliphatic heterocycles. The highest BCUT2D eigenvalue weighted by Gasteiger charge is 2.43. The second-order valence-corrected chi connectivity index (χ2v) is 14.8. The Morgan fingerprint density at radius 2 is 1.84 bits per heavy atom. The minimum absolute atomic E-state index is 0.00124. The summed E-state index contributed by atoms with van der Waals surface area (Å²) in [7, 11) is -2.66. The molecular weight excluding hydrogens is 705 g/mol. The number of amides is 2. The van der Waals surface area contributed by atoms with Crippen molar-refractivity contribution in [3.8, 4) is 5.75 Å². The van der Waals surface area contributed by atoms with Gasteiger partial charge in [0, 0.05) is 54.9 Å². The topological polar surface area (TPSA) is 189 Å². The highest BCUT2D eigenvalue weighted by molar-refractivity contribution is 7.89. The summed E-state index contributed by atoms with van der Waals surface area (Å²) in [6.45, 7) is 2.40. The zero-order valence-electron chi connectivity index (χ0n) is 28.1. The minimum atomic E-state index is -4.12. The van der Waals surface area contributed by atoms with Crippen molar-refractivity contribution in [1.82, 2.24) is 19.1 Å². The maximum Gasteiger partial charge on any atom is 0.407 e. The molecule has 0 radical (unpaired) electrons. The normalized spacial score (nSPS) is 19.8. The fourth-order valence-electron chi connectivity index (χ4n) is 7.01. The van der Waals surface area contributed by atoms with E-state index in [0.717, 1.165) is 16.7 Å². The SMILES string of the molecule is COc1ccc(S(=O)(=O)N2C(C)CN(C(=O)O)CC2CCc2c(F)cncc2NC(=O)[C@@H](N=[N+]=N)[C@@H](c2ccc(Cl)cc2)C2CCOCC2)cc1. The number of halogens is 2. The lowest BCUT2D eigenvalue weighted by atomic mass is 9.76. The van der Waals surface area contributed by atoms with Crippen molar-refractivity contribution in [2.75, 3.05) is 38.7 Å². The number of sulfonamides is 1. The van der Waals surface area contributed by atoms with Gasteiger partial charge >= 0.3 is 6.09 Å². The van der Waals surface area contributed by atoms with Crippen molar-refractivity contribution in [3.05, 3.63) is 82.9 Å². The first-order valence-corrected chi connectivity index (χ1v) is 18.2. The number of ether oxygens (including phenoxy) is 2. The number of hydrogen-bond acceptors (Lipinski definition) is 9. The smallest absolute Gasteiger partial charge is 0.407 e. The molecule has 2 aromatic carbocycles. The molecule has 1 aromatic heterocycles. The van der Waals surface area contributed by atoms with Crippen molar-refractivity contribution in [2.24, 2.45) is 11.0 Å². The average molecular weight is 745 g/mol. The number of nitrogens with zero attached hydrogens (tertiary/aromatic N) is 5. The number of benzene rings is 2. The summed E-state index contributed by atoms with van der Waals surface area (Å²) in [5.41, 5.74) is 8.39. The molecule has 2 aliphatic rings. The van der Waals surface area contributed by atoms with Gasteiger partial charge in [0.1, 0.15) is 22.2 Å². The minimum Gasteiger partial charge on any atom is -0.497 e. The standard InChI is InChI=1S/C34H39ClFN7O7S/c1-21-19-42(34(45)46)20-25(43(21)51(47,48)27-10-8-26(49-2)9-11-27)7-12-28-29(36)17-38-18-30(28)39-33(44)32(40-41-37)31(23-13-15-50-16-14-23)22-3-5-24(35)6-4-22/h3-6,8-11,17-18,21,23,25,31-32,37H,7,12-16,19-20H2,1-2H3,(H-,39,44,45,46)/p+1/t21?,25?,31-,32-/m0/s1. The number of aromatic nitrogens is 1. The maximum absolute atomic E-state index is 15.5. The van der Waals surface area contributed by atoms with Crippen LogP contribution in [0.25, 0.3) is 0 Å². The van der Waals surface area contributed by atoms with Gasteiger partial charge in [-0.2, -0.15) is 4.31 Å². The number of carbonyl (C=O) groups excluding carboxylic acids is 1. The summed E-state index contributed by atoms with van der Waals surface area (Å²) in [6.07, 6.45) is 2.29. The summed E-state index contributed by atoms with van der Waals surface area (Å²) in [4.78, 5) is 34.4. The zero-order valence-corrected chi connectivity index (χ0v) is 29.7. The van der Waals surface area contributed by atoms with Crippen LogP contribution in [-0.2, 0) is 26.0 Å². The molecule has 0 spiro atoms. The molecule has 2 unspecified atom stereocenters. The maximum atomic E-state index is 15.5. The summed E-state index contributed by atoms with van der Waals surface area (Å²) in [6, 6.07) is 10.1. The molecule has 2 fully saturated rings. The summed E-state index contributed by atoms with van der Waals surface area (Å²) in [5, 5.41) is 17.1. The summed E-state index contributed by atoms with van der Waals surface area (Å²) < 4.78 is 55.5. The van der Waals surface area contributed by atoms with E-state index in [1.807, 2.05) is 0 Å². The average Bonchev–Trinajstić information content (AvgIpc) is 3.12. The number of carboxylic acid groups (broad SMARTS) is 1. The highest BCUT2D eigenvalue weighted by atomic mass is 35.5. The number of rotatable bonds is 12. The third-order valence-electron chi connectivity index (χ3n) is 9.43. The van der Waals surface area contributed by atoms with Gasteiger partial charge < -0.3 is 24.8 Å². The molecule has 51 heavy (non-hydrogen) atoms. The Labute approximate surface area is 300 Å². The Morgan fingerprint density at radius 1 is 1.16 bits per heavy atom. The lowest BCUT2D eigenvalue weighted by Crippen LogP contribution is -2.60. The monoisotopic (exact) mass is 744 g/mol. The van der Waals surface area contributed by atoms with Crippen molar-refractivity contribution < 1.29 is 37.0 Å². The molecule has 0 bridgehead atoms. The molecule has 4 atom stereocenters. The summed E-state index contributed by atoms with van der Waals surface area (Å²) >= 11 is 6.15. The van der Waals surface area contributed by atoms with Gasteiger partial charge in [0.2, 0.25) is 21.0 Å². The van der Waals surface area contributed by atoms with Crippen LogP contribution >= 0.6 is 11.6 Å². The number of nitrogens with one attached hydrogen (secondary N) is 2. The Kier molecular flexibility index (Phi) is 12.4. The Hall–Kier alpha value is -4.47. The van der Waals surface area contributed by atoms with Gasteiger partial charge in [-0.15, -0.1) is 0 Å². The quantitative estimate of drug-likeness (QED) is 0.164. The van der Waals surface area contributed by atoms with Crippen LogP contribution in [0.1, 0.15) is 43.2 Å². The van der Waals surface area contributed by atoms with Crippen LogP contribution in [-0.4, -0.2) is 91.3 Å². The molecular formula is C34H40ClFN7O7S+. The van der Waals surface area contributed by atoms with Crippen molar-refractivity contribution in [3.63, 3.8) is 0 Å². The number of carbonyl (C=O) groups is 2. The van der Waals surface area contributed by atoms with Crippen LogP contribution in [0.5, 0.6) is 5.75 Å². The van der Waals surface area contributed by atoms with E-state index in [2.05, 4.69) is 20.3 Å². The third kappa shape index (κ3) is 8.71. The predicted molar refractivity (Wildman–Crippen MR) is 185 cm³/mol. The molecule has 3 heterocycles. The predicted octanol–water partition coefficient (Wildman–Crippen LogP) is 5.32. The van der Waals surface area contributed by atoms with E-state index in [9.17, 15) is 23.1 Å². The van der Waals surface area contributed by atoms with Gasteiger partial charge in [-0.1, -0.05) is 23.7 Å². The van der Waals surface area contributed by atoms with E-state index in [0.29, 0.717) is 36.8 Å². The van der Waals surface area contributed by atoms with Crippen LogP contribution in [0, 0.1) is 17.3 Å². The lowest BCUT2D eigenvalue weighted by molar-refractivity contribution is -0.118. The van der Waals surface area contributed by atoms with Gasteiger partial charge in [-0.05, 0) is 80.5 Å². The first kappa shape index (κ1) is 37.8. The molecule has 0 aliphatic carbocycles. The molecule has 0 saturated carbocycles. The Bertz CT molecular complexity index is 1860. The van der Waals surface area contributed by atoms with E-state index in [1.54, 1.807) is 31.2 Å². The van der Waals surface area contributed by atoms with Crippen LogP contribution < -0.4 is 15.0 Å². The van der Waals surface area contributed by atoms with Crippen LogP contribution in [0.4, 0.5) is 14.9 Å². The fraction of sp³-hybridized carbons (Fsp3) is 0.441. The van der Waals surface area contributed by atoms with Gasteiger partial charge in [0.25, 0.3) is 5.91 Å². The molecule has 17 heteroatoms. The molecule has 272 valence electrons. The van der Waals surface area contributed by atoms with Crippen molar-refractivity contribution in [1.29, 1.82) is 5.53 Å². The van der Waals surface area contributed by atoms with Crippen molar-refractivity contribution >= 4 is 39.3 Å². The van der Waals surface area contributed by atoms with E-state index < -0.39 is 51.9 Å². The van der Waals surface area contributed by atoms with Gasteiger partial charge in [0.15, 0.2) is 0 Å². The van der Waals surface area contributed by atoms with E-state index in [4.69, 9.17) is 26.6 Å². The molecule has 2 amide bonds. The first-order valence-electron chi connectivity index (χ1n) is 16.4. The zero-order chi connectivity index (χ0) is 36.7.